The Hall–Kier alpha value is -3.14. The number of nitrogens with zero attached hydrogens (tertiary/aromatic N) is 2. The van der Waals surface area contributed by atoms with Gasteiger partial charge in [0.2, 0.25) is 11.8 Å². The van der Waals surface area contributed by atoms with Gasteiger partial charge >= 0.3 is 0 Å². The van der Waals surface area contributed by atoms with E-state index >= 15 is 0 Å². The summed E-state index contributed by atoms with van der Waals surface area (Å²) in [5, 5.41) is 3.23. The Labute approximate surface area is 251 Å². The molecule has 0 saturated carbocycles. The lowest BCUT2D eigenvalue weighted by atomic mass is 10.1. The molecule has 0 aliphatic rings. The molecule has 0 bridgehead atoms. The molecular weight excluding hydrogens is 588 g/mol. The summed E-state index contributed by atoms with van der Waals surface area (Å²) < 4.78 is 42.4. The molecule has 3 aromatic carbocycles. The van der Waals surface area contributed by atoms with Gasteiger partial charge in [0.25, 0.3) is 10.0 Å². The molecule has 0 spiro atoms. The van der Waals surface area contributed by atoms with Crippen molar-refractivity contribution in [2.75, 3.05) is 10.8 Å². The largest absolute Gasteiger partial charge is 0.350 e. The van der Waals surface area contributed by atoms with Crippen molar-refractivity contribution >= 4 is 50.7 Å². The fourth-order valence-electron chi connectivity index (χ4n) is 4.17. The van der Waals surface area contributed by atoms with Crippen LogP contribution < -0.4 is 9.62 Å². The summed E-state index contributed by atoms with van der Waals surface area (Å²) in [6.07, 6.45) is 0.256. The monoisotopic (exact) mass is 621 g/mol. The van der Waals surface area contributed by atoms with E-state index in [-0.39, 0.29) is 33.6 Å². The smallest absolute Gasteiger partial charge is 0.264 e. The van der Waals surface area contributed by atoms with Crippen molar-refractivity contribution in [3.8, 4) is 0 Å². The first-order chi connectivity index (χ1) is 19.1. The molecule has 220 valence electrons. The number of halogens is 3. The van der Waals surface area contributed by atoms with E-state index < -0.39 is 45.8 Å². The van der Waals surface area contributed by atoms with E-state index in [1.54, 1.807) is 19.1 Å². The van der Waals surface area contributed by atoms with Gasteiger partial charge in [0.1, 0.15) is 18.4 Å². The van der Waals surface area contributed by atoms with Gasteiger partial charge in [-0.05, 0) is 82.1 Å². The molecule has 0 fully saturated rings. The van der Waals surface area contributed by atoms with Crippen molar-refractivity contribution in [2.24, 2.45) is 0 Å². The molecule has 0 aliphatic heterocycles. The molecule has 7 nitrogen and oxygen atoms in total. The number of amides is 2. The van der Waals surface area contributed by atoms with Crippen molar-refractivity contribution in [1.82, 2.24) is 10.2 Å². The highest BCUT2D eigenvalue weighted by Crippen LogP contribution is 2.31. The van der Waals surface area contributed by atoms with Gasteiger partial charge in [0, 0.05) is 12.1 Å². The Balaban J connectivity index is 2.09. The van der Waals surface area contributed by atoms with Gasteiger partial charge in [-0.3, -0.25) is 13.9 Å². The predicted octanol–water partition coefficient (Wildman–Crippen LogP) is 6.36. The molecule has 1 atom stereocenters. The number of aryl methyl sites for hydroxylation is 1. The molecule has 0 heterocycles. The van der Waals surface area contributed by atoms with Crippen LogP contribution in [0.15, 0.2) is 71.6 Å². The molecule has 3 aromatic rings. The molecule has 3 rings (SSSR count). The second-order valence-corrected chi connectivity index (χ2v) is 13.4. The predicted molar refractivity (Wildman–Crippen MR) is 161 cm³/mol. The minimum atomic E-state index is -4.26. The second-order valence-electron chi connectivity index (χ2n) is 10.7. The zero-order valence-corrected chi connectivity index (χ0v) is 25.9. The minimum absolute atomic E-state index is 0.0235. The lowest BCUT2D eigenvalue weighted by molar-refractivity contribution is -0.141. The highest BCUT2D eigenvalue weighted by atomic mass is 35.5. The van der Waals surface area contributed by atoms with E-state index in [2.05, 4.69) is 5.32 Å². The summed E-state index contributed by atoms with van der Waals surface area (Å²) in [5.74, 6) is -1.47. The summed E-state index contributed by atoms with van der Waals surface area (Å²) in [6.45, 7) is 8.39. The average molecular weight is 623 g/mol. The zero-order valence-electron chi connectivity index (χ0n) is 23.6. The number of rotatable bonds is 10. The molecule has 1 N–H and O–H groups in total. The maximum atomic E-state index is 14.1. The van der Waals surface area contributed by atoms with Crippen LogP contribution in [0, 0.1) is 12.7 Å². The normalized spacial score (nSPS) is 12.5. The van der Waals surface area contributed by atoms with Crippen molar-refractivity contribution in [2.45, 2.75) is 64.1 Å². The molecule has 0 radical (unpaired) electrons. The van der Waals surface area contributed by atoms with Gasteiger partial charge in [-0.15, -0.1) is 0 Å². The zero-order chi connectivity index (χ0) is 30.5. The minimum Gasteiger partial charge on any atom is -0.350 e. The quantitative estimate of drug-likeness (QED) is 0.285. The Morgan fingerprint density at radius 2 is 1.56 bits per heavy atom. The maximum Gasteiger partial charge on any atom is 0.264 e. The fraction of sp³-hybridized carbons (Fsp3) is 0.333. The van der Waals surface area contributed by atoms with Crippen LogP contribution in [0.25, 0.3) is 0 Å². The first kappa shape index (κ1) is 32.4. The number of hydrogen-bond acceptors (Lipinski definition) is 4. The Bertz CT molecular complexity index is 1490. The topological polar surface area (TPSA) is 86.8 Å². The second kappa shape index (κ2) is 13.2. The molecule has 0 aromatic heterocycles. The highest BCUT2D eigenvalue weighted by Gasteiger charge is 2.34. The Morgan fingerprint density at radius 3 is 2.10 bits per heavy atom. The van der Waals surface area contributed by atoms with Gasteiger partial charge in [-0.2, -0.15) is 0 Å². The third kappa shape index (κ3) is 8.44. The van der Waals surface area contributed by atoms with Crippen LogP contribution >= 0.6 is 23.2 Å². The number of anilines is 1. The SMILES string of the molecule is CC[C@@H](C(=O)NC(C)(C)C)N(Cc1ccc(F)cc1)C(=O)CN(c1ccc(Cl)c(Cl)c1)S(=O)(=O)c1ccc(C)cc1. The van der Waals surface area contributed by atoms with E-state index in [1.165, 1.54) is 59.5 Å². The van der Waals surface area contributed by atoms with Crippen molar-refractivity contribution in [3.05, 3.63) is 93.7 Å². The van der Waals surface area contributed by atoms with Crippen LogP contribution in [-0.2, 0) is 26.2 Å². The highest BCUT2D eigenvalue weighted by molar-refractivity contribution is 7.92. The van der Waals surface area contributed by atoms with Gasteiger partial charge < -0.3 is 10.2 Å². The first-order valence-electron chi connectivity index (χ1n) is 13.0. The Morgan fingerprint density at radius 1 is 0.951 bits per heavy atom. The molecule has 11 heteroatoms. The molecular formula is C30H34Cl2FN3O4S. The van der Waals surface area contributed by atoms with E-state index in [4.69, 9.17) is 23.2 Å². The molecule has 0 unspecified atom stereocenters. The van der Waals surface area contributed by atoms with Crippen LogP contribution in [0.5, 0.6) is 0 Å². The molecule has 0 aliphatic carbocycles. The Kier molecular flexibility index (Phi) is 10.4. The summed E-state index contributed by atoms with van der Waals surface area (Å²) in [4.78, 5) is 28.7. The maximum absolute atomic E-state index is 14.1. The molecule has 0 saturated heterocycles. The van der Waals surface area contributed by atoms with E-state index in [0.29, 0.717) is 5.56 Å². The number of hydrogen-bond donors (Lipinski definition) is 1. The van der Waals surface area contributed by atoms with Crippen molar-refractivity contribution in [3.63, 3.8) is 0 Å². The van der Waals surface area contributed by atoms with Crippen LogP contribution in [-0.4, -0.2) is 43.3 Å². The standard InChI is InChI=1S/C30H34Cl2FN3O4S/c1-6-27(29(38)34-30(3,4)5)35(18-21-9-11-22(33)12-10-21)28(37)19-36(23-13-16-25(31)26(32)17-23)41(39,40)24-14-7-20(2)8-15-24/h7-17,27H,6,18-19H2,1-5H3,(H,34,38)/t27-/m0/s1. The summed E-state index contributed by atoms with van der Waals surface area (Å²) >= 11 is 12.3. The van der Waals surface area contributed by atoms with E-state index in [1.807, 2.05) is 27.7 Å². The number of carbonyl (C=O) groups is 2. The summed E-state index contributed by atoms with van der Waals surface area (Å²) in [5.41, 5.74) is 0.990. The first-order valence-corrected chi connectivity index (χ1v) is 15.2. The van der Waals surface area contributed by atoms with Gasteiger partial charge in [0.15, 0.2) is 0 Å². The van der Waals surface area contributed by atoms with Gasteiger partial charge in [0.05, 0.1) is 20.6 Å². The summed E-state index contributed by atoms with van der Waals surface area (Å²) in [6, 6.07) is 15.2. The lowest BCUT2D eigenvalue weighted by Crippen LogP contribution is -2.55. The summed E-state index contributed by atoms with van der Waals surface area (Å²) in [7, 11) is -4.26. The van der Waals surface area contributed by atoms with Crippen molar-refractivity contribution < 1.29 is 22.4 Å². The number of sulfonamides is 1. The van der Waals surface area contributed by atoms with Crippen LogP contribution in [0.1, 0.15) is 45.2 Å². The number of benzene rings is 3. The van der Waals surface area contributed by atoms with Crippen molar-refractivity contribution in [1.29, 1.82) is 0 Å². The average Bonchev–Trinajstić information content (AvgIpc) is 2.89. The van der Waals surface area contributed by atoms with E-state index in [0.717, 1.165) is 9.87 Å². The number of carbonyl (C=O) groups excluding carboxylic acids is 2. The fourth-order valence-corrected chi connectivity index (χ4v) is 5.86. The lowest BCUT2D eigenvalue weighted by Gasteiger charge is -2.34. The van der Waals surface area contributed by atoms with Gasteiger partial charge in [-0.25, -0.2) is 12.8 Å². The third-order valence-electron chi connectivity index (χ3n) is 6.23. The number of nitrogens with one attached hydrogen (secondary N) is 1. The van der Waals surface area contributed by atoms with Gasteiger partial charge in [-0.1, -0.05) is 60.0 Å². The molecule has 41 heavy (non-hydrogen) atoms. The van der Waals surface area contributed by atoms with Crippen LogP contribution in [0.2, 0.25) is 10.0 Å². The van der Waals surface area contributed by atoms with Crippen LogP contribution in [0.3, 0.4) is 0 Å². The molecule has 2 amide bonds. The van der Waals surface area contributed by atoms with E-state index in [9.17, 15) is 22.4 Å². The van der Waals surface area contributed by atoms with Crippen LogP contribution in [0.4, 0.5) is 10.1 Å². The third-order valence-corrected chi connectivity index (χ3v) is 8.76.